The number of aliphatic hydroxyl groups is 1. The molecule has 230 valence electrons. The monoisotopic (exact) mass is 588 g/mol. The highest BCUT2D eigenvalue weighted by molar-refractivity contribution is 6.74. The van der Waals surface area contributed by atoms with Gasteiger partial charge in [0.05, 0.1) is 25.9 Å². The summed E-state index contributed by atoms with van der Waals surface area (Å²) in [5.74, 6) is 0.652. The van der Waals surface area contributed by atoms with Crippen LogP contribution in [0, 0.1) is 18.8 Å². The van der Waals surface area contributed by atoms with Crippen LogP contribution in [0.3, 0.4) is 0 Å². The Morgan fingerprint density at radius 3 is 2.07 bits per heavy atom. The standard InChI is InChI=1S/C33H52O7Si/c1-20(2)15-16-38-28-19-22(5)18-25(23(6)34)30(28)39-26-14-13-24(31(37-10)29(26)32(35)36)27(17-21(3)4)40-41(11,12)33(7,8)9/h13-14,18-21,23,27,34H,15-17H2,1-12H3,(H,35,36)/t23?,27-/m0/s1. The second-order valence-corrected chi connectivity index (χ2v) is 18.1. The van der Waals surface area contributed by atoms with Crippen LogP contribution in [-0.4, -0.2) is 38.2 Å². The molecule has 0 bridgehead atoms. The Bertz CT molecular complexity index is 1180. The molecule has 2 atom stereocenters. The number of aliphatic hydroxyl groups excluding tert-OH is 1. The Hall–Kier alpha value is -2.55. The first kappa shape index (κ1) is 34.6. The van der Waals surface area contributed by atoms with Gasteiger partial charge in [-0.15, -0.1) is 0 Å². The van der Waals surface area contributed by atoms with Gasteiger partial charge < -0.3 is 28.8 Å². The lowest BCUT2D eigenvalue weighted by Crippen LogP contribution is -2.42. The van der Waals surface area contributed by atoms with Gasteiger partial charge in [0, 0.05) is 11.1 Å². The van der Waals surface area contributed by atoms with Crippen molar-refractivity contribution < 1.29 is 33.6 Å². The average Bonchev–Trinajstić information content (AvgIpc) is 2.82. The highest BCUT2D eigenvalue weighted by Crippen LogP contribution is 2.47. The number of carbonyl (C=O) groups is 1. The minimum atomic E-state index is -2.20. The van der Waals surface area contributed by atoms with E-state index in [-0.39, 0.29) is 28.2 Å². The van der Waals surface area contributed by atoms with E-state index in [0.29, 0.717) is 47.5 Å². The molecule has 0 aromatic heterocycles. The van der Waals surface area contributed by atoms with Gasteiger partial charge in [0.15, 0.2) is 19.8 Å². The highest BCUT2D eigenvalue weighted by atomic mass is 28.4. The van der Waals surface area contributed by atoms with E-state index in [1.165, 1.54) is 7.11 Å². The zero-order valence-electron chi connectivity index (χ0n) is 27.2. The molecule has 0 radical (unpaired) electrons. The lowest BCUT2D eigenvalue weighted by Gasteiger charge is -2.40. The zero-order chi connectivity index (χ0) is 31.3. The van der Waals surface area contributed by atoms with Crippen molar-refractivity contribution in [2.75, 3.05) is 13.7 Å². The molecule has 2 aromatic carbocycles. The minimum Gasteiger partial charge on any atom is -0.495 e. The lowest BCUT2D eigenvalue weighted by atomic mass is 9.96. The van der Waals surface area contributed by atoms with Crippen LogP contribution < -0.4 is 14.2 Å². The summed E-state index contributed by atoms with van der Waals surface area (Å²) in [6, 6.07) is 7.18. The van der Waals surface area contributed by atoms with E-state index < -0.39 is 20.4 Å². The number of methoxy groups -OCH3 is 1. The molecule has 0 saturated heterocycles. The molecule has 2 rings (SSSR count). The number of aromatic carboxylic acids is 1. The molecule has 0 aliphatic rings. The van der Waals surface area contributed by atoms with Crippen LogP contribution in [0.15, 0.2) is 24.3 Å². The average molecular weight is 589 g/mol. The van der Waals surface area contributed by atoms with Crippen LogP contribution in [0.25, 0.3) is 0 Å². The fourth-order valence-electron chi connectivity index (χ4n) is 4.35. The van der Waals surface area contributed by atoms with Crippen molar-refractivity contribution in [1.29, 1.82) is 0 Å². The third-order valence-corrected chi connectivity index (χ3v) is 12.2. The first-order chi connectivity index (χ1) is 18.9. The van der Waals surface area contributed by atoms with Gasteiger partial charge in [-0.25, -0.2) is 4.79 Å². The maximum Gasteiger partial charge on any atom is 0.343 e. The van der Waals surface area contributed by atoms with Crippen LogP contribution in [0.5, 0.6) is 23.0 Å². The smallest absolute Gasteiger partial charge is 0.343 e. The topological polar surface area (TPSA) is 94.5 Å². The van der Waals surface area contributed by atoms with E-state index in [4.69, 9.17) is 18.6 Å². The number of hydrogen-bond acceptors (Lipinski definition) is 6. The predicted octanol–water partition coefficient (Wildman–Crippen LogP) is 9.08. The SMILES string of the molecule is COc1c([C@H](CC(C)C)O[Si](C)(C)C(C)(C)C)ccc(Oc2c(OCCC(C)C)cc(C)cc2C(C)O)c1C(=O)O. The van der Waals surface area contributed by atoms with Gasteiger partial charge in [-0.3, -0.25) is 0 Å². The first-order valence-electron chi connectivity index (χ1n) is 14.6. The molecule has 1 unspecified atom stereocenters. The summed E-state index contributed by atoms with van der Waals surface area (Å²) in [6.45, 7) is 23.5. The summed E-state index contributed by atoms with van der Waals surface area (Å²) >= 11 is 0. The molecule has 41 heavy (non-hydrogen) atoms. The van der Waals surface area contributed by atoms with Gasteiger partial charge in [0.2, 0.25) is 0 Å². The number of carboxylic acid groups (broad SMARTS) is 1. The zero-order valence-corrected chi connectivity index (χ0v) is 28.2. The Morgan fingerprint density at radius 2 is 1.59 bits per heavy atom. The molecule has 0 amide bonds. The van der Waals surface area contributed by atoms with E-state index in [2.05, 4.69) is 61.6 Å². The molecule has 0 saturated carbocycles. The summed E-state index contributed by atoms with van der Waals surface area (Å²) in [6.07, 6.45) is 0.340. The molecule has 2 N–H and O–H groups in total. The summed E-state index contributed by atoms with van der Waals surface area (Å²) in [5, 5.41) is 21.0. The molecule has 0 aliphatic heterocycles. The second-order valence-electron chi connectivity index (χ2n) is 13.4. The Labute approximate surface area is 248 Å². The molecule has 0 heterocycles. The molecular weight excluding hydrogens is 536 g/mol. The molecule has 0 spiro atoms. The van der Waals surface area contributed by atoms with Crippen LogP contribution in [0.2, 0.25) is 18.1 Å². The van der Waals surface area contributed by atoms with Crippen molar-refractivity contribution in [3.63, 3.8) is 0 Å². The van der Waals surface area contributed by atoms with Crippen molar-refractivity contribution in [3.05, 3.63) is 46.5 Å². The minimum absolute atomic E-state index is 0.0249. The maximum atomic E-state index is 12.8. The fraction of sp³-hybridized carbons (Fsp3) is 0.606. The highest BCUT2D eigenvalue weighted by Gasteiger charge is 2.40. The van der Waals surface area contributed by atoms with E-state index in [1.807, 2.05) is 25.1 Å². The van der Waals surface area contributed by atoms with Gasteiger partial charge in [0.1, 0.15) is 17.1 Å². The van der Waals surface area contributed by atoms with Crippen molar-refractivity contribution in [2.45, 2.75) is 105 Å². The molecule has 0 fully saturated rings. The van der Waals surface area contributed by atoms with E-state index in [0.717, 1.165) is 12.0 Å². The van der Waals surface area contributed by atoms with Crippen molar-refractivity contribution >= 4 is 14.3 Å². The van der Waals surface area contributed by atoms with E-state index >= 15 is 0 Å². The number of benzene rings is 2. The van der Waals surface area contributed by atoms with Crippen LogP contribution in [0.1, 0.15) is 107 Å². The third-order valence-electron chi connectivity index (χ3n) is 7.69. The third kappa shape index (κ3) is 8.96. The molecular formula is C33H52O7Si. The van der Waals surface area contributed by atoms with E-state index in [9.17, 15) is 15.0 Å². The first-order valence-corrected chi connectivity index (χ1v) is 17.6. The van der Waals surface area contributed by atoms with Crippen LogP contribution in [0.4, 0.5) is 0 Å². The maximum absolute atomic E-state index is 12.8. The summed E-state index contributed by atoms with van der Waals surface area (Å²) in [5.41, 5.74) is 2.01. The number of aryl methyl sites for hydroxylation is 1. The van der Waals surface area contributed by atoms with Gasteiger partial charge >= 0.3 is 5.97 Å². The normalized spacial score (nSPS) is 13.8. The number of hydrogen-bond donors (Lipinski definition) is 2. The summed E-state index contributed by atoms with van der Waals surface area (Å²) < 4.78 is 25.1. The number of ether oxygens (including phenoxy) is 3. The molecule has 0 aliphatic carbocycles. The largest absolute Gasteiger partial charge is 0.495 e. The van der Waals surface area contributed by atoms with Crippen molar-refractivity contribution in [3.8, 4) is 23.0 Å². The van der Waals surface area contributed by atoms with Crippen molar-refractivity contribution in [1.82, 2.24) is 0 Å². The predicted molar refractivity (Wildman–Crippen MR) is 167 cm³/mol. The van der Waals surface area contributed by atoms with Crippen molar-refractivity contribution in [2.24, 2.45) is 11.8 Å². The number of carboxylic acids is 1. The van der Waals surface area contributed by atoms with Gasteiger partial charge in [-0.2, -0.15) is 0 Å². The fourth-order valence-corrected chi connectivity index (χ4v) is 5.64. The second kappa shape index (κ2) is 14.1. The molecule has 8 heteroatoms. The molecule has 7 nitrogen and oxygen atoms in total. The van der Waals surface area contributed by atoms with Gasteiger partial charge in [-0.1, -0.05) is 48.5 Å². The Balaban J connectivity index is 2.72. The van der Waals surface area contributed by atoms with E-state index in [1.54, 1.807) is 13.0 Å². The molecule has 2 aromatic rings. The van der Waals surface area contributed by atoms with Crippen LogP contribution in [-0.2, 0) is 4.43 Å². The summed E-state index contributed by atoms with van der Waals surface area (Å²) in [4.78, 5) is 12.8. The lowest BCUT2D eigenvalue weighted by molar-refractivity contribution is 0.0689. The quantitative estimate of drug-likeness (QED) is 0.213. The Kier molecular flexibility index (Phi) is 11.9. The Morgan fingerprint density at radius 1 is 0.951 bits per heavy atom. The van der Waals surface area contributed by atoms with Gasteiger partial charge in [0.25, 0.3) is 0 Å². The van der Waals surface area contributed by atoms with Gasteiger partial charge in [-0.05, 0) is 86.5 Å². The number of rotatable bonds is 14. The summed E-state index contributed by atoms with van der Waals surface area (Å²) in [7, 11) is -0.731. The van der Waals surface area contributed by atoms with Crippen LogP contribution >= 0.6 is 0 Å².